The van der Waals surface area contributed by atoms with Crippen LogP contribution in [0.5, 0.6) is 0 Å². The molecule has 1 fully saturated rings. The Bertz CT molecular complexity index is 181. The van der Waals surface area contributed by atoms with Crippen LogP contribution in [0.15, 0.2) is 0 Å². The van der Waals surface area contributed by atoms with E-state index in [0.29, 0.717) is 19.2 Å². The molecule has 0 aromatic rings. The summed E-state index contributed by atoms with van der Waals surface area (Å²) in [6.45, 7) is 5.09. The van der Waals surface area contributed by atoms with Crippen LogP contribution >= 0.6 is 0 Å². The fourth-order valence-corrected chi connectivity index (χ4v) is 1.74. The Balaban J connectivity index is 2.03. The van der Waals surface area contributed by atoms with Crippen molar-refractivity contribution in [2.75, 3.05) is 6.61 Å². The summed E-state index contributed by atoms with van der Waals surface area (Å²) >= 11 is 0. The summed E-state index contributed by atoms with van der Waals surface area (Å²) in [7, 11) is 0. The molecule has 0 radical (unpaired) electrons. The number of carbonyl (C=O) groups excluding carboxylic acids is 1. The smallest absolute Gasteiger partial charge is 0.293 e. The van der Waals surface area contributed by atoms with Crippen molar-refractivity contribution >= 4 is 6.47 Å². The van der Waals surface area contributed by atoms with Gasteiger partial charge in [0.25, 0.3) is 6.47 Å². The zero-order chi connectivity index (χ0) is 10.4. The average Bonchev–Trinajstić information content (AvgIpc) is 2.82. The second kappa shape index (κ2) is 5.35. The summed E-state index contributed by atoms with van der Waals surface area (Å²) in [6.07, 6.45) is 6.46. The fourth-order valence-electron chi connectivity index (χ4n) is 1.74. The van der Waals surface area contributed by atoms with E-state index in [9.17, 15) is 4.79 Å². The maximum atomic E-state index is 10.0. The van der Waals surface area contributed by atoms with Crippen LogP contribution in [0, 0.1) is 0 Å². The van der Waals surface area contributed by atoms with Gasteiger partial charge < -0.3 is 9.47 Å². The SMILES string of the molecule is CCCCCCC1OC1(C)COC=O. The number of carbonyl (C=O) groups is 1. The third kappa shape index (κ3) is 3.29. The Morgan fingerprint density at radius 1 is 1.43 bits per heavy atom. The third-order valence-corrected chi connectivity index (χ3v) is 2.79. The maximum absolute atomic E-state index is 10.0. The van der Waals surface area contributed by atoms with Gasteiger partial charge >= 0.3 is 0 Å². The molecule has 0 aromatic carbocycles. The lowest BCUT2D eigenvalue weighted by Crippen LogP contribution is -2.17. The van der Waals surface area contributed by atoms with Crippen molar-refractivity contribution in [2.45, 2.75) is 57.7 Å². The van der Waals surface area contributed by atoms with Crippen molar-refractivity contribution < 1.29 is 14.3 Å². The van der Waals surface area contributed by atoms with E-state index in [4.69, 9.17) is 9.47 Å². The van der Waals surface area contributed by atoms with Gasteiger partial charge in [0.1, 0.15) is 12.2 Å². The van der Waals surface area contributed by atoms with Crippen LogP contribution in [0.3, 0.4) is 0 Å². The Labute approximate surface area is 85.8 Å². The van der Waals surface area contributed by atoms with Crippen LogP contribution in [-0.4, -0.2) is 24.8 Å². The van der Waals surface area contributed by atoms with E-state index in [0.717, 1.165) is 6.42 Å². The van der Waals surface area contributed by atoms with Crippen molar-refractivity contribution in [2.24, 2.45) is 0 Å². The Morgan fingerprint density at radius 3 is 2.86 bits per heavy atom. The lowest BCUT2D eigenvalue weighted by molar-refractivity contribution is -0.130. The van der Waals surface area contributed by atoms with Crippen LogP contribution in [-0.2, 0) is 14.3 Å². The molecule has 1 saturated heterocycles. The van der Waals surface area contributed by atoms with Gasteiger partial charge in [-0.05, 0) is 13.3 Å². The number of rotatable bonds is 8. The minimum absolute atomic E-state index is 0.187. The molecule has 0 bridgehead atoms. The molecule has 3 nitrogen and oxygen atoms in total. The Morgan fingerprint density at radius 2 is 2.21 bits per heavy atom. The third-order valence-electron chi connectivity index (χ3n) is 2.79. The summed E-state index contributed by atoms with van der Waals surface area (Å²) in [4.78, 5) is 10.0. The number of hydrogen-bond donors (Lipinski definition) is 0. The Hall–Kier alpha value is -0.570. The highest BCUT2D eigenvalue weighted by Gasteiger charge is 2.52. The molecule has 0 aromatic heterocycles. The first kappa shape index (κ1) is 11.5. The summed E-state index contributed by atoms with van der Waals surface area (Å²) < 4.78 is 10.2. The van der Waals surface area contributed by atoms with E-state index in [2.05, 4.69) is 6.92 Å². The van der Waals surface area contributed by atoms with E-state index < -0.39 is 0 Å². The molecule has 82 valence electrons. The second-order valence-electron chi connectivity index (χ2n) is 4.18. The van der Waals surface area contributed by atoms with Crippen molar-refractivity contribution in [3.05, 3.63) is 0 Å². The summed E-state index contributed by atoms with van der Waals surface area (Å²) in [5, 5.41) is 0. The first-order valence-electron chi connectivity index (χ1n) is 5.46. The molecular weight excluding hydrogens is 180 g/mol. The lowest BCUT2D eigenvalue weighted by Gasteiger charge is -2.03. The van der Waals surface area contributed by atoms with Crippen molar-refractivity contribution in [1.29, 1.82) is 0 Å². The molecular formula is C11H20O3. The number of ether oxygens (including phenoxy) is 2. The number of unbranched alkanes of at least 4 members (excludes halogenated alkanes) is 3. The van der Waals surface area contributed by atoms with Crippen LogP contribution < -0.4 is 0 Å². The topological polar surface area (TPSA) is 38.8 Å². The Kier molecular flexibility index (Phi) is 4.39. The van der Waals surface area contributed by atoms with E-state index in [1.165, 1.54) is 25.7 Å². The van der Waals surface area contributed by atoms with Crippen LogP contribution in [0.1, 0.15) is 46.0 Å². The normalized spacial score (nSPS) is 30.0. The fraction of sp³-hybridized carbons (Fsp3) is 0.909. The molecule has 1 aliphatic heterocycles. The average molecular weight is 200 g/mol. The quantitative estimate of drug-likeness (QED) is 0.343. The van der Waals surface area contributed by atoms with Gasteiger partial charge in [0.05, 0.1) is 6.10 Å². The zero-order valence-corrected chi connectivity index (χ0v) is 9.12. The highest BCUT2D eigenvalue weighted by molar-refractivity contribution is 5.37. The summed E-state index contributed by atoms with van der Waals surface area (Å²) in [5.41, 5.74) is -0.187. The monoisotopic (exact) mass is 200 g/mol. The van der Waals surface area contributed by atoms with Gasteiger partial charge in [-0.15, -0.1) is 0 Å². The standard InChI is InChI=1S/C11H20O3/c1-3-4-5-6-7-10-11(2,14-10)8-13-9-12/h9-10H,3-8H2,1-2H3. The molecule has 0 saturated carbocycles. The molecule has 2 unspecified atom stereocenters. The molecule has 0 amide bonds. The largest absolute Gasteiger partial charge is 0.465 e. The highest BCUT2D eigenvalue weighted by Crippen LogP contribution is 2.39. The number of hydrogen-bond acceptors (Lipinski definition) is 3. The minimum atomic E-state index is -0.187. The molecule has 3 heteroatoms. The van der Waals surface area contributed by atoms with E-state index in [1.54, 1.807) is 0 Å². The molecule has 2 atom stereocenters. The van der Waals surface area contributed by atoms with Crippen molar-refractivity contribution in [1.82, 2.24) is 0 Å². The van der Waals surface area contributed by atoms with Gasteiger partial charge in [-0.25, -0.2) is 0 Å². The van der Waals surface area contributed by atoms with Crippen LogP contribution in [0.2, 0.25) is 0 Å². The zero-order valence-electron chi connectivity index (χ0n) is 9.12. The van der Waals surface area contributed by atoms with E-state index in [1.807, 2.05) is 6.92 Å². The predicted octanol–water partition coefficient (Wildman–Crippen LogP) is 2.29. The van der Waals surface area contributed by atoms with E-state index >= 15 is 0 Å². The molecule has 0 aliphatic carbocycles. The summed E-state index contributed by atoms with van der Waals surface area (Å²) in [5.74, 6) is 0. The first-order chi connectivity index (χ1) is 6.73. The molecule has 1 aliphatic rings. The van der Waals surface area contributed by atoms with Gasteiger partial charge in [-0.2, -0.15) is 0 Å². The van der Waals surface area contributed by atoms with Gasteiger partial charge in [0.15, 0.2) is 0 Å². The first-order valence-corrected chi connectivity index (χ1v) is 5.46. The lowest BCUT2D eigenvalue weighted by atomic mass is 10.0. The van der Waals surface area contributed by atoms with E-state index in [-0.39, 0.29) is 5.60 Å². The molecule has 14 heavy (non-hydrogen) atoms. The molecule has 0 spiro atoms. The van der Waals surface area contributed by atoms with Crippen molar-refractivity contribution in [3.63, 3.8) is 0 Å². The van der Waals surface area contributed by atoms with Crippen LogP contribution in [0.25, 0.3) is 0 Å². The summed E-state index contributed by atoms with van der Waals surface area (Å²) in [6, 6.07) is 0. The van der Waals surface area contributed by atoms with Gasteiger partial charge in [-0.1, -0.05) is 32.6 Å². The number of epoxide rings is 1. The highest BCUT2D eigenvalue weighted by atomic mass is 16.6. The maximum Gasteiger partial charge on any atom is 0.293 e. The van der Waals surface area contributed by atoms with Crippen molar-refractivity contribution in [3.8, 4) is 0 Å². The predicted molar refractivity (Wildman–Crippen MR) is 54.1 cm³/mol. The van der Waals surface area contributed by atoms with Gasteiger partial charge in [0, 0.05) is 0 Å². The van der Waals surface area contributed by atoms with Crippen LogP contribution in [0.4, 0.5) is 0 Å². The molecule has 1 rings (SSSR count). The van der Waals surface area contributed by atoms with Gasteiger partial charge in [-0.3, -0.25) is 4.79 Å². The second-order valence-corrected chi connectivity index (χ2v) is 4.18. The van der Waals surface area contributed by atoms with Gasteiger partial charge in [0.2, 0.25) is 0 Å². The minimum Gasteiger partial charge on any atom is -0.465 e. The molecule has 0 N–H and O–H groups in total. The molecule has 1 heterocycles.